The highest BCUT2D eigenvalue weighted by Crippen LogP contribution is 2.38. The zero-order chi connectivity index (χ0) is 18.1. The highest BCUT2D eigenvalue weighted by Gasteiger charge is 2.29. The van der Waals surface area contributed by atoms with Crippen LogP contribution in [0.4, 0.5) is 10.5 Å². The van der Waals surface area contributed by atoms with Crippen molar-refractivity contribution in [2.75, 3.05) is 31.6 Å². The number of H-pyrrole nitrogens is 1. The third-order valence-electron chi connectivity index (χ3n) is 5.35. The lowest BCUT2D eigenvalue weighted by Gasteiger charge is -2.29. The van der Waals surface area contributed by atoms with Crippen LogP contribution in [0.1, 0.15) is 31.5 Å². The van der Waals surface area contributed by atoms with E-state index in [2.05, 4.69) is 35.4 Å². The largest absolute Gasteiger partial charge is 0.378 e. The van der Waals surface area contributed by atoms with Gasteiger partial charge in [-0.25, -0.2) is 4.79 Å². The van der Waals surface area contributed by atoms with Crippen molar-refractivity contribution in [2.45, 2.75) is 33.1 Å². The highest BCUT2D eigenvalue weighted by molar-refractivity contribution is 5.90. The number of anilines is 1. The average molecular weight is 354 g/mol. The van der Waals surface area contributed by atoms with Crippen LogP contribution in [0.5, 0.6) is 0 Å². The van der Waals surface area contributed by atoms with Gasteiger partial charge in [0.2, 0.25) is 0 Å². The Hall–Kier alpha value is -2.34. The molecule has 0 spiro atoms. The maximum Gasteiger partial charge on any atom is 0.321 e. The van der Waals surface area contributed by atoms with Crippen molar-refractivity contribution >= 4 is 11.7 Å². The summed E-state index contributed by atoms with van der Waals surface area (Å²) in [5.41, 5.74) is 5.75. The minimum absolute atomic E-state index is 0.0729. The van der Waals surface area contributed by atoms with Crippen LogP contribution in [-0.2, 0) is 17.6 Å². The van der Waals surface area contributed by atoms with Gasteiger partial charge in [0.15, 0.2) is 0 Å². The molecule has 1 aromatic carbocycles. The zero-order valence-electron chi connectivity index (χ0n) is 15.5. The van der Waals surface area contributed by atoms with Crippen LogP contribution in [0, 0.1) is 5.41 Å². The maximum atomic E-state index is 12.4. The standard InChI is InChI=1S/C20H26N4O2/c1-20(2)7-6-16-17(13-20)22-23-18(16)14-4-3-5-15(12-14)21-19(25)24-8-10-26-11-9-24/h3-5,12H,6-11,13H2,1-2H3,(H,21,25)(H,22,23). The number of nitrogens with zero attached hydrogens (tertiary/aromatic N) is 2. The molecular weight excluding hydrogens is 328 g/mol. The van der Waals surface area contributed by atoms with E-state index in [9.17, 15) is 4.79 Å². The summed E-state index contributed by atoms with van der Waals surface area (Å²) in [6.45, 7) is 7.07. The monoisotopic (exact) mass is 354 g/mol. The number of benzene rings is 1. The van der Waals surface area contributed by atoms with Gasteiger partial charge in [-0.05, 0) is 36.8 Å². The predicted molar refractivity (Wildman–Crippen MR) is 101 cm³/mol. The molecule has 26 heavy (non-hydrogen) atoms. The fraction of sp³-hybridized carbons (Fsp3) is 0.500. The second-order valence-electron chi connectivity index (χ2n) is 7.98. The molecule has 2 N–H and O–H groups in total. The first-order valence-electron chi connectivity index (χ1n) is 9.32. The van der Waals surface area contributed by atoms with Crippen LogP contribution >= 0.6 is 0 Å². The van der Waals surface area contributed by atoms with Crippen molar-refractivity contribution in [2.24, 2.45) is 5.41 Å². The van der Waals surface area contributed by atoms with Gasteiger partial charge < -0.3 is 15.0 Å². The van der Waals surface area contributed by atoms with Gasteiger partial charge in [0.25, 0.3) is 0 Å². The van der Waals surface area contributed by atoms with E-state index in [1.807, 2.05) is 18.2 Å². The minimum atomic E-state index is -0.0729. The van der Waals surface area contributed by atoms with Gasteiger partial charge in [0.1, 0.15) is 0 Å². The molecule has 1 aromatic heterocycles. The number of nitrogens with one attached hydrogen (secondary N) is 2. The second-order valence-corrected chi connectivity index (χ2v) is 7.98. The van der Waals surface area contributed by atoms with Gasteiger partial charge in [-0.3, -0.25) is 5.10 Å². The van der Waals surface area contributed by atoms with E-state index in [0.29, 0.717) is 31.7 Å². The van der Waals surface area contributed by atoms with Gasteiger partial charge in [-0.1, -0.05) is 26.0 Å². The number of fused-ring (bicyclic) bond motifs is 1. The minimum Gasteiger partial charge on any atom is -0.378 e. The number of hydrogen-bond donors (Lipinski definition) is 2. The summed E-state index contributed by atoms with van der Waals surface area (Å²) in [5.74, 6) is 0. The van der Waals surface area contributed by atoms with E-state index >= 15 is 0 Å². The van der Waals surface area contributed by atoms with Crippen LogP contribution in [0.3, 0.4) is 0 Å². The Morgan fingerprint density at radius 1 is 1.31 bits per heavy atom. The molecule has 4 rings (SSSR count). The summed E-state index contributed by atoms with van der Waals surface area (Å²) in [6.07, 6.45) is 3.24. The lowest BCUT2D eigenvalue weighted by atomic mass is 9.76. The predicted octanol–water partition coefficient (Wildman–Crippen LogP) is 3.46. The molecular formula is C20H26N4O2. The molecule has 0 unspecified atom stereocenters. The number of morpholine rings is 1. The Morgan fingerprint density at radius 3 is 2.92 bits per heavy atom. The number of rotatable bonds is 2. The molecule has 1 aliphatic carbocycles. The molecule has 6 heteroatoms. The van der Waals surface area contributed by atoms with Gasteiger partial charge in [-0.15, -0.1) is 0 Å². The summed E-state index contributed by atoms with van der Waals surface area (Å²) in [5, 5.41) is 10.8. The van der Waals surface area contributed by atoms with E-state index < -0.39 is 0 Å². The molecule has 0 radical (unpaired) electrons. The summed E-state index contributed by atoms with van der Waals surface area (Å²) in [6, 6.07) is 7.88. The third-order valence-corrected chi connectivity index (χ3v) is 5.35. The summed E-state index contributed by atoms with van der Waals surface area (Å²) in [4.78, 5) is 14.2. The molecule has 2 aromatic rings. The van der Waals surface area contributed by atoms with Crippen LogP contribution < -0.4 is 5.32 Å². The summed E-state index contributed by atoms with van der Waals surface area (Å²) < 4.78 is 5.30. The molecule has 0 saturated carbocycles. The second kappa shape index (κ2) is 6.76. The van der Waals surface area contributed by atoms with Crippen molar-refractivity contribution in [1.29, 1.82) is 0 Å². The normalized spacial score (nSPS) is 19.1. The number of aromatic amines is 1. The Bertz CT molecular complexity index is 806. The Balaban J connectivity index is 1.53. The van der Waals surface area contributed by atoms with E-state index in [1.54, 1.807) is 4.90 Å². The van der Waals surface area contributed by atoms with Crippen molar-refractivity contribution in [3.8, 4) is 11.3 Å². The SMILES string of the molecule is CC1(C)CCc2c(-c3cccc(NC(=O)N4CCOCC4)c3)n[nH]c2C1. The number of ether oxygens (including phenoxy) is 1. The Kier molecular flexibility index (Phi) is 4.44. The summed E-state index contributed by atoms with van der Waals surface area (Å²) in [7, 11) is 0. The van der Waals surface area contributed by atoms with E-state index in [0.717, 1.165) is 29.8 Å². The van der Waals surface area contributed by atoms with E-state index in [4.69, 9.17) is 4.74 Å². The quantitative estimate of drug-likeness (QED) is 0.868. The van der Waals surface area contributed by atoms with Gasteiger partial charge in [-0.2, -0.15) is 5.10 Å². The number of carbonyl (C=O) groups excluding carboxylic acids is 1. The van der Waals surface area contributed by atoms with Crippen LogP contribution in [-0.4, -0.2) is 47.4 Å². The van der Waals surface area contributed by atoms with Gasteiger partial charge in [0, 0.05) is 35.6 Å². The zero-order valence-corrected chi connectivity index (χ0v) is 15.5. The molecule has 0 bridgehead atoms. The molecule has 6 nitrogen and oxygen atoms in total. The maximum absolute atomic E-state index is 12.4. The highest BCUT2D eigenvalue weighted by atomic mass is 16.5. The van der Waals surface area contributed by atoms with Crippen LogP contribution in [0.15, 0.2) is 24.3 Å². The van der Waals surface area contributed by atoms with Crippen molar-refractivity contribution in [3.63, 3.8) is 0 Å². The molecule has 2 aliphatic rings. The van der Waals surface area contributed by atoms with Crippen LogP contribution in [0.25, 0.3) is 11.3 Å². The molecule has 2 amide bonds. The Morgan fingerprint density at radius 2 is 2.12 bits per heavy atom. The molecule has 1 fully saturated rings. The molecule has 1 aliphatic heterocycles. The fourth-order valence-corrected chi connectivity index (χ4v) is 3.80. The third kappa shape index (κ3) is 3.46. The molecule has 0 atom stereocenters. The first kappa shape index (κ1) is 17.1. The number of hydrogen-bond acceptors (Lipinski definition) is 3. The Labute approximate surface area is 153 Å². The number of urea groups is 1. The van der Waals surface area contributed by atoms with Crippen molar-refractivity contribution in [3.05, 3.63) is 35.5 Å². The van der Waals surface area contributed by atoms with Gasteiger partial charge in [0.05, 0.1) is 18.9 Å². The summed E-state index contributed by atoms with van der Waals surface area (Å²) >= 11 is 0. The van der Waals surface area contributed by atoms with Crippen molar-refractivity contribution < 1.29 is 9.53 Å². The van der Waals surface area contributed by atoms with E-state index in [-0.39, 0.29) is 6.03 Å². The topological polar surface area (TPSA) is 70.2 Å². The van der Waals surface area contributed by atoms with Crippen molar-refractivity contribution in [1.82, 2.24) is 15.1 Å². The lowest BCUT2D eigenvalue weighted by molar-refractivity contribution is 0.0564. The number of carbonyl (C=O) groups is 1. The smallest absolute Gasteiger partial charge is 0.321 e. The van der Waals surface area contributed by atoms with E-state index in [1.165, 1.54) is 17.7 Å². The average Bonchev–Trinajstić information content (AvgIpc) is 3.04. The molecule has 2 heterocycles. The number of aromatic nitrogens is 2. The lowest BCUT2D eigenvalue weighted by Crippen LogP contribution is -2.43. The van der Waals surface area contributed by atoms with Crippen LogP contribution in [0.2, 0.25) is 0 Å². The first-order valence-corrected chi connectivity index (χ1v) is 9.32. The molecule has 1 saturated heterocycles. The fourth-order valence-electron chi connectivity index (χ4n) is 3.80. The van der Waals surface area contributed by atoms with Gasteiger partial charge >= 0.3 is 6.03 Å². The first-order chi connectivity index (χ1) is 12.5. The number of amides is 2. The molecule has 138 valence electrons.